The molecule has 464 valence electrons. The van der Waals surface area contributed by atoms with Crippen molar-refractivity contribution >= 4 is 13.7 Å². The molecule has 0 aliphatic heterocycles. The molecule has 8 nitrogen and oxygen atoms in total. The minimum Gasteiger partial charge on any atom is -0.756 e. The Bertz CT molecular complexity index is 1320. The SMILES string of the molecule is CCCCCCC/C=C\C/C=C\CCCCCCCCCCCCCCCC(=O)NC(COP(=O)([O-])OCC[N+](C)(C)C)C(O)CCCCCCCCCCCCCCCCCCCCCCCCCCCCCCCCC. The Morgan fingerprint density at radius 1 is 0.449 bits per heavy atom. The molecular weight excluding hydrogens is 984 g/mol. The summed E-state index contributed by atoms with van der Waals surface area (Å²) in [6.45, 7) is 4.77. The van der Waals surface area contributed by atoms with E-state index in [0.717, 1.165) is 44.9 Å². The van der Waals surface area contributed by atoms with Crippen LogP contribution in [-0.2, 0) is 18.4 Å². The molecule has 78 heavy (non-hydrogen) atoms. The molecule has 0 saturated heterocycles. The molecule has 3 unspecified atom stereocenters. The molecule has 0 rings (SSSR count). The zero-order chi connectivity index (χ0) is 57.0. The van der Waals surface area contributed by atoms with E-state index in [1.54, 1.807) is 0 Å². The Balaban J connectivity index is 4.01. The van der Waals surface area contributed by atoms with Crippen LogP contribution >= 0.6 is 7.82 Å². The number of aliphatic hydroxyl groups is 1. The molecule has 0 radical (unpaired) electrons. The van der Waals surface area contributed by atoms with E-state index >= 15 is 0 Å². The number of nitrogens with one attached hydrogen (secondary N) is 1. The molecule has 9 heteroatoms. The van der Waals surface area contributed by atoms with E-state index < -0.39 is 20.0 Å². The topological polar surface area (TPSA) is 108 Å². The molecule has 2 N–H and O–H groups in total. The van der Waals surface area contributed by atoms with Gasteiger partial charge in [0.15, 0.2) is 0 Å². The highest BCUT2D eigenvalue weighted by Gasteiger charge is 2.24. The standard InChI is InChI=1S/C69H137N2O6P/c1-6-8-10-12-14-16-18-20-22-24-26-28-30-32-33-34-35-36-37-39-40-42-44-46-48-50-52-54-56-58-60-62-68(72)67(66-77-78(74,75)76-65-64-71(3,4)5)70-69(73)63-61-59-57-55-53-51-49-47-45-43-41-38-31-29-27-25-23-21-19-17-15-13-11-9-7-2/h19,21,25,27,67-68,72H,6-18,20,22-24,26,28-66H2,1-5H3,(H-,70,73,74,75)/b21-19-,27-25-. The molecule has 0 fully saturated rings. The van der Waals surface area contributed by atoms with Gasteiger partial charge in [-0.15, -0.1) is 0 Å². The largest absolute Gasteiger partial charge is 0.756 e. The number of amides is 1. The minimum atomic E-state index is -4.58. The van der Waals surface area contributed by atoms with Crippen LogP contribution in [-0.4, -0.2) is 68.5 Å². The Morgan fingerprint density at radius 3 is 1.06 bits per heavy atom. The fourth-order valence-corrected chi connectivity index (χ4v) is 11.5. The molecule has 0 spiro atoms. The Kier molecular flexibility index (Phi) is 59.8. The number of phosphoric ester groups is 1. The number of carbonyl (C=O) groups is 1. The second kappa shape index (κ2) is 60.6. The third-order valence-electron chi connectivity index (χ3n) is 16.2. The van der Waals surface area contributed by atoms with E-state index in [0.29, 0.717) is 23.9 Å². The van der Waals surface area contributed by atoms with E-state index in [1.807, 2.05) is 21.1 Å². The van der Waals surface area contributed by atoms with Crippen LogP contribution in [0.1, 0.15) is 361 Å². The summed E-state index contributed by atoms with van der Waals surface area (Å²) in [5.41, 5.74) is 0. The third-order valence-corrected chi connectivity index (χ3v) is 17.2. The van der Waals surface area contributed by atoms with Crippen molar-refractivity contribution in [1.29, 1.82) is 0 Å². The molecule has 0 aliphatic carbocycles. The van der Waals surface area contributed by atoms with Gasteiger partial charge in [0.2, 0.25) is 5.91 Å². The monoisotopic (exact) mass is 1120 g/mol. The number of rotatable bonds is 65. The summed E-state index contributed by atoms with van der Waals surface area (Å²) in [5, 5.41) is 14.1. The molecule has 0 heterocycles. The summed E-state index contributed by atoms with van der Waals surface area (Å²) < 4.78 is 23.5. The van der Waals surface area contributed by atoms with Gasteiger partial charge in [0.05, 0.1) is 39.9 Å². The maximum absolute atomic E-state index is 13.0. The average Bonchev–Trinajstić information content (AvgIpc) is 3.41. The minimum absolute atomic E-state index is 0.0140. The van der Waals surface area contributed by atoms with Crippen molar-refractivity contribution in [3.63, 3.8) is 0 Å². The van der Waals surface area contributed by atoms with Crippen molar-refractivity contribution in [2.75, 3.05) is 40.9 Å². The molecule has 0 aromatic carbocycles. The predicted octanol–water partition coefficient (Wildman–Crippen LogP) is 21.3. The van der Waals surface area contributed by atoms with Crippen LogP contribution in [0.25, 0.3) is 0 Å². The highest BCUT2D eigenvalue weighted by molar-refractivity contribution is 7.45. The number of hydrogen-bond donors (Lipinski definition) is 2. The fraction of sp³-hybridized carbons (Fsp3) is 0.928. The average molecular weight is 1120 g/mol. The predicted molar refractivity (Wildman–Crippen MR) is 339 cm³/mol. The van der Waals surface area contributed by atoms with Crippen LogP contribution in [0.2, 0.25) is 0 Å². The summed E-state index contributed by atoms with van der Waals surface area (Å²) in [4.78, 5) is 25.7. The van der Waals surface area contributed by atoms with Gasteiger partial charge < -0.3 is 28.8 Å². The highest BCUT2D eigenvalue weighted by Crippen LogP contribution is 2.38. The van der Waals surface area contributed by atoms with Crippen molar-refractivity contribution in [2.45, 2.75) is 373 Å². The van der Waals surface area contributed by atoms with Gasteiger partial charge in [-0.3, -0.25) is 9.36 Å². The zero-order valence-electron chi connectivity index (χ0n) is 53.2. The van der Waals surface area contributed by atoms with E-state index in [2.05, 4.69) is 43.5 Å². The van der Waals surface area contributed by atoms with Crippen LogP contribution < -0.4 is 10.2 Å². The first-order valence-corrected chi connectivity index (χ1v) is 36.1. The highest BCUT2D eigenvalue weighted by atomic mass is 31.2. The van der Waals surface area contributed by atoms with Crippen molar-refractivity contribution < 1.29 is 32.9 Å². The summed E-state index contributed by atoms with van der Waals surface area (Å²) in [7, 11) is 1.32. The Morgan fingerprint density at radius 2 is 0.744 bits per heavy atom. The van der Waals surface area contributed by atoms with Crippen molar-refractivity contribution in [1.82, 2.24) is 5.32 Å². The fourth-order valence-electron chi connectivity index (χ4n) is 10.8. The van der Waals surface area contributed by atoms with E-state index in [-0.39, 0.29) is 19.1 Å². The summed E-state index contributed by atoms with van der Waals surface area (Å²) in [6, 6.07) is -0.801. The van der Waals surface area contributed by atoms with Crippen molar-refractivity contribution in [3.05, 3.63) is 24.3 Å². The quantitative estimate of drug-likeness (QED) is 0.0272. The normalized spacial score (nSPS) is 13.8. The molecule has 3 atom stereocenters. The van der Waals surface area contributed by atoms with Gasteiger partial charge in [-0.2, -0.15) is 0 Å². The first-order valence-electron chi connectivity index (χ1n) is 34.7. The number of unbranched alkanes of at least 4 members (excludes halogenated alkanes) is 48. The molecule has 0 aliphatic rings. The van der Waals surface area contributed by atoms with E-state index in [1.165, 1.54) is 289 Å². The second-order valence-electron chi connectivity index (χ2n) is 25.2. The maximum Gasteiger partial charge on any atom is 0.268 e. The van der Waals surface area contributed by atoms with Gasteiger partial charge in [-0.25, -0.2) is 0 Å². The number of quaternary nitrogens is 1. The van der Waals surface area contributed by atoms with Gasteiger partial charge in [0, 0.05) is 6.42 Å². The number of aliphatic hydroxyl groups excluding tert-OH is 1. The molecule has 0 bridgehead atoms. The lowest BCUT2D eigenvalue weighted by atomic mass is 10.0. The Labute approximate surface area is 487 Å². The van der Waals surface area contributed by atoms with Crippen LogP contribution in [0.3, 0.4) is 0 Å². The van der Waals surface area contributed by atoms with Gasteiger partial charge >= 0.3 is 0 Å². The Hall–Kier alpha value is -1.02. The van der Waals surface area contributed by atoms with Crippen LogP contribution in [0, 0.1) is 0 Å². The lowest BCUT2D eigenvalue weighted by molar-refractivity contribution is -0.870. The van der Waals surface area contributed by atoms with Gasteiger partial charge in [0.25, 0.3) is 7.82 Å². The van der Waals surface area contributed by atoms with Crippen LogP contribution in [0.4, 0.5) is 0 Å². The van der Waals surface area contributed by atoms with Crippen LogP contribution in [0.5, 0.6) is 0 Å². The molecule has 0 aromatic heterocycles. The molecule has 1 amide bonds. The number of nitrogens with zero attached hydrogens (tertiary/aromatic N) is 1. The number of likely N-dealkylation sites (N-methyl/N-ethyl adjacent to an activating group) is 1. The number of phosphoric acid groups is 1. The third kappa shape index (κ3) is 62.6. The lowest BCUT2D eigenvalue weighted by Gasteiger charge is -2.30. The number of allylic oxidation sites excluding steroid dienone is 4. The maximum atomic E-state index is 13.0. The van der Waals surface area contributed by atoms with Crippen molar-refractivity contribution in [2.24, 2.45) is 0 Å². The first-order chi connectivity index (χ1) is 38.0. The summed E-state index contributed by atoms with van der Waals surface area (Å²) in [6.07, 6.45) is 78.2. The molecular formula is C69H137N2O6P. The lowest BCUT2D eigenvalue weighted by Crippen LogP contribution is -2.46. The van der Waals surface area contributed by atoms with Crippen LogP contribution in [0.15, 0.2) is 24.3 Å². The van der Waals surface area contributed by atoms with E-state index in [9.17, 15) is 19.4 Å². The first kappa shape index (κ1) is 77.0. The van der Waals surface area contributed by atoms with E-state index in [4.69, 9.17) is 9.05 Å². The summed E-state index contributed by atoms with van der Waals surface area (Å²) >= 11 is 0. The van der Waals surface area contributed by atoms with Gasteiger partial charge in [-0.1, -0.05) is 334 Å². The zero-order valence-corrected chi connectivity index (χ0v) is 54.0. The molecule has 0 saturated carbocycles. The molecule has 0 aromatic rings. The number of carbonyl (C=O) groups excluding carboxylic acids is 1. The second-order valence-corrected chi connectivity index (χ2v) is 26.7. The van der Waals surface area contributed by atoms with Gasteiger partial charge in [-0.05, 0) is 44.9 Å². The van der Waals surface area contributed by atoms with Gasteiger partial charge in [0.1, 0.15) is 13.2 Å². The summed E-state index contributed by atoms with van der Waals surface area (Å²) in [5.74, 6) is -0.159. The van der Waals surface area contributed by atoms with Crippen molar-refractivity contribution in [3.8, 4) is 0 Å². The smallest absolute Gasteiger partial charge is 0.268 e. The number of hydrogen-bond acceptors (Lipinski definition) is 6.